The molecule has 0 amide bonds. The summed E-state index contributed by atoms with van der Waals surface area (Å²) in [6, 6.07) is 0. The molecule has 0 aromatic carbocycles. The van der Waals surface area contributed by atoms with E-state index >= 15 is 0 Å². The Labute approximate surface area is 448 Å². The summed E-state index contributed by atoms with van der Waals surface area (Å²) in [5.41, 5.74) is 0. The van der Waals surface area contributed by atoms with E-state index in [2.05, 4.69) is 179 Å². The van der Waals surface area contributed by atoms with Gasteiger partial charge in [0.15, 0.2) is 6.10 Å². The van der Waals surface area contributed by atoms with Gasteiger partial charge in [0.1, 0.15) is 13.2 Å². The van der Waals surface area contributed by atoms with Crippen LogP contribution in [0, 0.1) is 0 Å². The average Bonchev–Trinajstić information content (AvgIpc) is 3.39. The van der Waals surface area contributed by atoms with Crippen LogP contribution in [0.3, 0.4) is 0 Å². The van der Waals surface area contributed by atoms with E-state index in [9.17, 15) is 14.4 Å². The number of ether oxygens (including phenoxy) is 3. The first-order valence-corrected chi connectivity index (χ1v) is 29.0. The molecule has 0 saturated carbocycles. The van der Waals surface area contributed by atoms with Crippen molar-refractivity contribution in [3.05, 3.63) is 158 Å². The van der Waals surface area contributed by atoms with Crippen molar-refractivity contribution in [3.63, 3.8) is 0 Å². The molecular formula is C67H104O6. The Kier molecular flexibility index (Phi) is 55.5. The van der Waals surface area contributed by atoms with Crippen LogP contribution in [0.1, 0.15) is 226 Å². The van der Waals surface area contributed by atoms with Crippen LogP contribution in [0.25, 0.3) is 0 Å². The molecule has 0 spiro atoms. The van der Waals surface area contributed by atoms with E-state index in [1.807, 2.05) is 0 Å². The lowest BCUT2D eigenvalue weighted by molar-refractivity contribution is -0.167. The van der Waals surface area contributed by atoms with Gasteiger partial charge in [0.05, 0.1) is 0 Å². The highest BCUT2D eigenvalue weighted by molar-refractivity contribution is 5.71. The van der Waals surface area contributed by atoms with Gasteiger partial charge in [0, 0.05) is 19.3 Å². The van der Waals surface area contributed by atoms with Gasteiger partial charge < -0.3 is 14.2 Å². The van der Waals surface area contributed by atoms with E-state index < -0.39 is 6.10 Å². The topological polar surface area (TPSA) is 78.9 Å². The number of esters is 3. The highest BCUT2D eigenvalue weighted by Crippen LogP contribution is 2.13. The van der Waals surface area contributed by atoms with Crippen LogP contribution in [-0.2, 0) is 28.6 Å². The highest BCUT2D eigenvalue weighted by Gasteiger charge is 2.19. The van der Waals surface area contributed by atoms with Gasteiger partial charge in [-0.25, -0.2) is 0 Å². The second-order valence-corrected chi connectivity index (χ2v) is 18.4. The summed E-state index contributed by atoms with van der Waals surface area (Å²) in [5, 5.41) is 0. The van der Waals surface area contributed by atoms with Gasteiger partial charge >= 0.3 is 17.9 Å². The molecular weight excluding hydrogens is 901 g/mol. The van der Waals surface area contributed by atoms with Crippen molar-refractivity contribution in [1.29, 1.82) is 0 Å². The molecule has 0 aliphatic rings. The first-order valence-electron chi connectivity index (χ1n) is 29.0. The van der Waals surface area contributed by atoms with E-state index in [4.69, 9.17) is 14.2 Å². The third-order valence-corrected chi connectivity index (χ3v) is 11.5. The number of unbranched alkanes of at least 4 members (excludes halogenated alkanes) is 13. The van der Waals surface area contributed by atoms with Crippen molar-refractivity contribution in [2.24, 2.45) is 0 Å². The quantitative estimate of drug-likeness (QED) is 0.0261. The third-order valence-electron chi connectivity index (χ3n) is 11.5. The average molecular weight is 1010 g/mol. The number of hydrogen-bond acceptors (Lipinski definition) is 6. The summed E-state index contributed by atoms with van der Waals surface area (Å²) in [6.45, 7) is 6.22. The van der Waals surface area contributed by atoms with Crippen LogP contribution >= 0.6 is 0 Å². The lowest BCUT2D eigenvalue weighted by Gasteiger charge is -2.18. The second-order valence-electron chi connectivity index (χ2n) is 18.4. The van der Waals surface area contributed by atoms with Gasteiger partial charge in [-0.3, -0.25) is 14.4 Å². The van der Waals surface area contributed by atoms with Gasteiger partial charge in [0.25, 0.3) is 0 Å². The standard InChI is InChI=1S/C67H104O6/c1-4-7-10-13-16-19-22-25-28-31-32-33-34-37-39-42-45-48-51-54-57-60-66(69)72-63-64(73-67(70)61-58-55-52-49-46-43-40-36-30-27-24-21-18-15-12-9-6-3)62-71-65(68)59-56-53-50-47-44-41-38-35-29-26-23-20-17-14-11-8-5-2/h7-12,16-21,25-30,32-33,37,39-40,43,49,52,64H,4-6,13-15,22-24,31,34-36,38,41-42,44-48,50-51,53-63H2,1-3H3/b10-7-,11-8-,12-9-,19-16-,20-17-,21-18-,28-25-,29-26-,30-27-,33-32-,39-37-,43-40-,52-49-. The predicted octanol–water partition coefficient (Wildman–Crippen LogP) is 19.8. The van der Waals surface area contributed by atoms with E-state index in [0.29, 0.717) is 19.3 Å². The van der Waals surface area contributed by atoms with Gasteiger partial charge in [0.2, 0.25) is 0 Å². The van der Waals surface area contributed by atoms with Crippen molar-refractivity contribution in [1.82, 2.24) is 0 Å². The van der Waals surface area contributed by atoms with Crippen LogP contribution in [0.4, 0.5) is 0 Å². The van der Waals surface area contributed by atoms with Crippen LogP contribution in [-0.4, -0.2) is 37.2 Å². The first kappa shape index (κ1) is 68.0. The monoisotopic (exact) mass is 1000 g/mol. The summed E-state index contributed by atoms with van der Waals surface area (Å²) in [7, 11) is 0. The van der Waals surface area contributed by atoms with Crippen LogP contribution < -0.4 is 0 Å². The molecule has 0 N–H and O–H groups in total. The number of carbonyl (C=O) groups excluding carboxylic acids is 3. The number of rotatable bonds is 50. The fourth-order valence-electron chi connectivity index (χ4n) is 7.28. The maximum absolute atomic E-state index is 12.9. The van der Waals surface area contributed by atoms with Crippen molar-refractivity contribution in [2.75, 3.05) is 13.2 Å². The maximum atomic E-state index is 12.9. The molecule has 6 heteroatoms. The Balaban J connectivity index is 4.55. The smallest absolute Gasteiger partial charge is 0.306 e. The van der Waals surface area contributed by atoms with E-state index in [0.717, 1.165) is 154 Å². The van der Waals surface area contributed by atoms with Crippen molar-refractivity contribution in [3.8, 4) is 0 Å². The molecule has 73 heavy (non-hydrogen) atoms. The summed E-state index contributed by atoms with van der Waals surface area (Å²) < 4.78 is 16.8. The van der Waals surface area contributed by atoms with Crippen molar-refractivity contribution in [2.45, 2.75) is 232 Å². The molecule has 0 aliphatic heterocycles. The summed E-state index contributed by atoms with van der Waals surface area (Å²) in [4.78, 5) is 38.2. The van der Waals surface area contributed by atoms with Gasteiger partial charge in [-0.15, -0.1) is 0 Å². The molecule has 0 saturated heterocycles. The zero-order valence-corrected chi connectivity index (χ0v) is 46.6. The third kappa shape index (κ3) is 57.8. The molecule has 0 heterocycles. The minimum absolute atomic E-state index is 0.119. The Hall–Kier alpha value is -4.97. The minimum Gasteiger partial charge on any atom is -0.462 e. The molecule has 1 unspecified atom stereocenters. The zero-order chi connectivity index (χ0) is 52.9. The van der Waals surface area contributed by atoms with Gasteiger partial charge in [-0.05, 0) is 135 Å². The molecule has 0 radical (unpaired) electrons. The molecule has 6 nitrogen and oxygen atoms in total. The predicted molar refractivity (Wildman–Crippen MR) is 315 cm³/mol. The Morgan fingerprint density at radius 1 is 0.274 bits per heavy atom. The van der Waals surface area contributed by atoms with E-state index in [-0.39, 0.29) is 37.5 Å². The summed E-state index contributed by atoms with van der Waals surface area (Å²) >= 11 is 0. The number of allylic oxidation sites excluding steroid dienone is 26. The summed E-state index contributed by atoms with van der Waals surface area (Å²) in [6.07, 6.45) is 86.6. The molecule has 0 fully saturated rings. The highest BCUT2D eigenvalue weighted by atomic mass is 16.6. The number of hydrogen-bond donors (Lipinski definition) is 0. The fraction of sp³-hybridized carbons (Fsp3) is 0.567. The van der Waals surface area contributed by atoms with E-state index in [1.54, 1.807) is 0 Å². The zero-order valence-electron chi connectivity index (χ0n) is 46.6. The normalized spacial score (nSPS) is 13.3. The molecule has 0 aromatic rings. The molecule has 0 aliphatic carbocycles. The first-order chi connectivity index (χ1) is 36.0. The Bertz CT molecular complexity index is 1670. The molecule has 0 bridgehead atoms. The SMILES string of the molecule is CC/C=C\C/C=C\C/C=C\C/C=C\C/C=C\CCCCCCCC(=O)OCC(COC(=O)CCCCCCCCC/C=C\C/C=C\C/C=C\CC)OC(=O)CCC/C=C\C/C=C\C/C=C\C/C=C\C/C=C\CC. The lowest BCUT2D eigenvalue weighted by Crippen LogP contribution is -2.30. The van der Waals surface area contributed by atoms with Crippen molar-refractivity contribution < 1.29 is 28.6 Å². The lowest BCUT2D eigenvalue weighted by atomic mass is 10.1. The molecule has 0 rings (SSSR count). The number of carbonyl (C=O) groups is 3. The van der Waals surface area contributed by atoms with E-state index in [1.165, 1.54) is 25.7 Å². The summed E-state index contributed by atoms with van der Waals surface area (Å²) in [5.74, 6) is -1.01. The molecule has 1 atom stereocenters. The van der Waals surface area contributed by atoms with Gasteiger partial charge in [-0.2, -0.15) is 0 Å². The van der Waals surface area contributed by atoms with Crippen molar-refractivity contribution >= 4 is 17.9 Å². The molecule has 408 valence electrons. The largest absolute Gasteiger partial charge is 0.462 e. The van der Waals surface area contributed by atoms with Crippen LogP contribution in [0.5, 0.6) is 0 Å². The van der Waals surface area contributed by atoms with Gasteiger partial charge in [-0.1, -0.05) is 230 Å². The molecule has 0 aromatic heterocycles. The van der Waals surface area contributed by atoms with Crippen LogP contribution in [0.15, 0.2) is 158 Å². The Morgan fingerprint density at radius 3 is 0.808 bits per heavy atom. The minimum atomic E-state index is -0.829. The fourth-order valence-corrected chi connectivity index (χ4v) is 7.28. The van der Waals surface area contributed by atoms with Crippen LogP contribution in [0.2, 0.25) is 0 Å². The second kappa shape index (κ2) is 59.6. The Morgan fingerprint density at radius 2 is 0.507 bits per heavy atom. The maximum Gasteiger partial charge on any atom is 0.306 e.